The van der Waals surface area contributed by atoms with Crippen LogP contribution in [0.2, 0.25) is 0 Å². The van der Waals surface area contributed by atoms with Crippen LogP contribution in [0.15, 0.2) is 36.4 Å². The Kier molecular flexibility index (Phi) is 8.23. The average molecular weight is 401 g/mol. The van der Waals surface area contributed by atoms with Crippen LogP contribution in [0.25, 0.3) is 11.1 Å². The van der Waals surface area contributed by atoms with Crippen LogP contribution < -0.4 is 0 Å². The van der Waals surface area contributed by atoms with E-state index in [4.69, 9.17) is 4.74 Å². The van der Waals surface area contributed by atoms with Gasteiger partial charge in [-0.2, -0.15) is 0 Å². The summed E-state index contributed by atoms with van der Waals surface area (Å²) in [6.07, 6.45) is 10.2. The molecule has 29 heavy (non-hydrogen) atoms. The zero-order chi connectivity index (χ0) is 20.6. The molecule has 2 aromatic carbocycles. The summed E-state index contributed by atoms with van der Waals surface area (Å²) < 4.78 is 34.4. The molecule has 3 rings (SSSR count). The van der Waals surface area contributed by atoms with Crippen molar-refractivity contribution < 1.29 is 13.5 Å². The van der Waals surface area contributed by atoms with Crippen LogP contribution in [0.5, 0.6) is 0 Å². The van der Waals surface area contributed by atoms with Gasteiger partial charge in [-0.15, -0.1) is 0 Å². The maximum atomic E-state index is 14.6. The molecule has 0 bridgehead atoms. The van der Waals surface area contributed by atoms with Gasteiger partial charge in [0.2, 0.25) is 0 Å². The minimum atomic E-state index is -0.525. The molecule has 0 atom stereocenters. The standard InChI is InChI=1S/C26H34F2O/c1-3-5-6-9-19-12-14-20(15-13-19)22-10-7-8-11-23(22)21-16-25(27)24(18-29-4-2)26(28)17-21/h7-8,10-11,16-17,19-20H,3-6,9,12-15,18H2,1-2H3. The van der Waals surface area contributed by atoms with Crippen molar-refractivity contribution in [2.75, 3.05) is 6.61 Å². The van der Waals surface area contributed by atoms with Crippen molar-refractivity contribution in [3.8, 4) is 11.1 Å². The molecule has 0 radical (unpaired) electrons. The summed E-state index contributed by atoms with van der Waals surface area (Å²) in [5.41, 5.74) is 2.83. The highest BCUT2D eigenvalue weighted by Gasteiger charge is 2.24. The molecular formula is C26H34F2O. The summed E-state index contributed by atoms with van der Waals surface area (Å²) in [5, 5.41) is 0. The fraction of sp³-hybridized carbons (Fsp3) is 0.538. The minimum absolute atomic E-state index is 0.0145. The Morgan fingerprint density at radius 3 is 2.28 bits per heavy atom. The summed E-state index contributed by atoms with van der Waals surface area (Å²) in [6.45, 7) is 4.48. The molecule has 1 saturated carbocycles. The van der Waals surface area contributed by atoms with Crippen molar-refractivity contribution in [2.45, 2.75) is 77.7 Å². The predicted molar refractivity (Wildman–Crippen MR) is 116 cm³/mol. The number of unbranched alkanes of at least 4 members (excludes halogenated alkanes) is 2. The first kappa shape index (κ1) is 22.0. The first-order chi connectivity index (χ1) is 14.1. The van der Waals surface area contributed by atoms with Crippen molar-refractivity contribution >= 4 is 0 Å². The van der Waals surface area contributed by atoms with Gasteiger partial charge in [0.1, 0.15) is 11.6 Å². The summed E-state index contributed by atoms with van der Waals surface area (Å²) in [6, 6.07) is 11.1. The smallest absolute Gasteiger partial charge is 0.132 e. The van der Waals surface area contributed by atoms with E-state index < -0.39 is 11.6 Å². The number of rotatable bonds is 9. The highest BCUT2D eigenvalue weighted by Crippen LogP contribution is 2.41. The maximum absolute atomic E-state index is 14.6. The molecule has 0 saturated heterocycles. The summed E-state index contributed by atoms with van der Waals surface area (Å²) >= 11 is 0. The van der Waals surface area contributed by atoms with Crippen molar-refractivity contribution in [2.24, 2.45) is 5.92 Å². The molecule has 2 aromatic rings. The fourth-order valence-corrected chi connectivity index (χ4v) is 4.66. The largest absolute Gasteiger partial charge is 0.377 e. The number of hydrogen-bond acceptors (Lipinski definition) is 1. The van der Waals surface area contributed by atoms with Crippen LogP contribution in [0, 0.1) is 17.6 Å². The Labute approximate surface area is 174 Å². The van der Waals surface area contributed by atoms with Gasteiger partial charge in [-0.3, -0.25) is 0 Å². The van der Waals surface area contributed by atoms with Gasteiger partial charge in [-0.25, -0.2) is 8.78 Å². The Bertz CT molecular complexity index is 755. The number of halogens is 2. The fourth-order valence-electron chi connectivity index (χ4n) is 4.66. The van der Waals surface area contributed by atoms with Crippen molar-refractivity contribution in [1.82, 2.24) is 0 Å². The van der Waals surface area contributed by atoms with Crippen molar-refractivity contribution in [3.63, 3.8) is 0 Å². The summed E-state index contributed by atoms with van der Waals surface area (Å²) in [7, 11) is 0. The van der Waals surface area contributed by atoms with E-state index in [1.807, 2.05) is 25.1 Å². The Hall–Kier alpha value is -1.74. The van der Waals surface area contributed by atoms with E-state index in [0.717, 1.165) is 11.5 Å². The van der Waals surface area contributed by atoms with Crippen LogP contribution in [0.4, 0.5) is 8.78 Å². The summed E-state index contributed by atoms with van der Waals surface area (Å²) in [4.78, 5) is 0. The predicted octanol–water partition coefficient (Wildman–Crippen LogP) is 8.02. The van der Waals surface area contributed by atoms with Gasteiger partial charge in [-0.1, -0.05) is 56.9 Å². The molecule has 1 fully saturated rings. The SMILES string of the molecule is CCCCCC1CCC(c2ccccc2-c2cc(F)c(COCC)c(F)c2)CC1. The quantitative estimate of drug-likeness (QED) is 0.387. The molecule has 0 unspecified atom stereocenters. The third-order valence-corrected chi connectivity index (χ3v) is 6.37. The lowest BCUT2D eigenvalue weighted by molar-refractivity contribution is 0.128. The second-order valence-corrected chi connectivity index (χ2v) is 8.36. The molecule has 0 heterocycles. The van der Waals surface area contributed by atoms with Gasteiger partial charge in [0.25, 0.3) is 0 Å². The van der Waals surface area contributed by atoms with Crippen LogP contribution in [0.1, 0.15) is 82.3 Å². The normalized spacial score (nSPS) is 19.4. The van der Waals surface area contributed by atoms with E-state index in [1.165, 1.54) is 69.1 Å². The molecule has 1 nitrogen and oxygen atoms in total. The zero-order valence-corrected chi connectivity index (χ0v) is 17.9. The number of hydrogen-bond donors (Lipinski definition) is 0. The minimum Gasteiger partial charge on any atom is -0.377 e. The molecular weight excluding hydrogens is 366 g/mol. The first-order valence-electron chi connectivity index (χ1n) is 11.3. The second-order valence-electron chi connectivity index (χ2n) is 8.36. The van der Waals surface area contributed by atoms with E-state index in [-0.39, 0.29) is 12.2 Å². The number of benzene rings is 2. The first-order valence-corrected chi connectivity index (χ1v) is 11.3. The van der Waals surface area contributed by atoms with E-state index in [2.05, 4.69) is 13.0 Å². The van der Waals surface area contributed by atoms with Gasteiger partial charge in [0.05, 0.1) is 6.61 Å². The lowest BCUT2D eigenvalue weighted by Gasteiger charge is -2.30. The molecule has 0 N–H and O–H groups in total. The lowest BCUT2D eigenvalue weighted by atomic mass is 9.75. The molecule has 1 aliphatic rings. The van der Waals surface area contributed by atoms with E-state index in [1.54, 1.807) is 0 Å². The Balaban J connectivity index is 1.76. The topological polar surface area (TPSA) is 9.23 Å². The third kappa shape index (κ3) is 5.66. The monoisotopic (exact) mass is 400 g/mol. The van der Waals surface area contributed by atoms with Gasteiger partial charge in [0, 0.05) is 12.2 Å². The molecule has 0 aliphatic heterocycles. The Morgan fingerprint density at radius 2 is 1.62 bits per heavy atom. The highest BCUT2D eigenvalue weighted by molar-refractivity contribution is 5.68. The molecule has 158 valence electrons. The third-order valence-electron chi connectivity index (χ3n) is 6.37. The Morgan fingerprint density at radius 1 is 0.931 bits per heavy atom. The van der Waals surface area contributed by atoms with Crippen LogP contribution in [0.3, 0.4) is 0 Å². The molecule has 1 aliphatic carbocycles. The van der Waals surface area contributed by atoms with Gasteiger partial charge in [0.15, 0.2) is 0 Å². The van der Waals surface area contributed by atoms with Gasteiger partial charge in [-0.05, 0) is 73.3 Å². The van der Waals surface area contributed by atoms with Crippen LogP contribution in [-0.4, -0.2) is 6.61 Å². The van der Waals surface area contributed by atoms with Gasteiger partial charge < -0.3 is 4.74 Å². The van der Waals surface area contributed by atoms with E-state index in [9.17, 15) is 8.78 Å². The van der Waals surface area contributed by atoms with Crippen LogP contribution >= 0.6 is 0 Å². The molecule has 0 aromatic heterocycles. The average Bonchev–Trinajstić information content (AvgIpc) is 2.74. The molecule has 3 heteroatoms. The zero-order valence-electron chi connectivity index (χ0n) is 17.9. The second kappa shape index (κ2) is 10.9. The lowest BCUT2D eigenvalue weighted by Crippen LogP contribution is -2.14. The van der Waals surface area contributed by atoms with Crippen molar-refractivity contribution in [3.05, 3.63) is 59.2 Å². The molecule has 0 spiro atoms. The van der Waals surface area contributed by atoms with Crippen LogP contribution in [-0.2, 0) is 11.3 Å². The number of ether oxygens (including phenoxy) is 1. The molecule has 0 amide bonds. The highest BCUT2D eigenvalue weighted by atomic mass is 19.1. The van der Waals surface area contributed by atoms with Gasteiger partial charge >= 0.3 is 0 Å². The van der Waals surface area contributed by atoms with Crippen molar-refractivity contribution in [1.29, 1.82) is 0 Å². The maximum Gasteiger partial charge on any atom is 0.132 e. The van der Waals surface area contributed by atoms with E-state index >= 15 is 0 Å². The van der Waals surface area contributed by atoms with E-state index in [0.29, 0.717) is 18.1 Å². The summed E-state index contributed by atoms with van der Waals surface area (Å²) in [5.74, 6) is 0.270.